The summed E-state index contributed by atoms with van der Waals surface area (Å²) in [5.74, 6) is 0.300. The van der Waals surface area contributed by atoms with Crippen molar-refractivity contribution in [2.45, 2.75) is 24.4 Å². The molecule has 0 aliphatic carbocycles. The summed E-state index contributed by atoms with van der Waals surface area (Å²) >= 11 is 1.14. The van der Waals surface area contributed by atoms with E-state index in [1.54, 1.807) is 24.3 Å². The molecule has 2 amide bonds. The molecule has 3 aromatic carbocycles. The highest BCUT2D eigenvalue weighted by atomic mass is 32.2. The van der Waals surface area contributed by atoms with Gasteiger partial charge in [0.05, 0.1) is 17.8 Å². The quantitative estimate of drug-likeness (QED) is 0.452. The number of carbonyl (C=O) groups excluding carboxylic acids is 2. The van der Waals surface area contributed by atoms with Crippen molar-refractivity contribution in [2.75, 3.05) is 12.1 Å². The minimum Gasteiger partial charge on any atom is -0.454 e. The van der Waals surface area contributed by atoms with Gasteiger partial charge >= 0.3 is 6.18 Å². The Hall–Kier alpha value is -3.99. The number of rotatable bonds is 6. The number of nitrogens with zero attached hydrogens (tertiary/aromatic N) is 2. The van der Waals surface area contributed by atoms with Crippen molar-refractivity contribution in [3.8, 4) is 11.5 Å². The molecule has 1 atom stereocenters. The third kappa shape index (κ3) is 5.72. The van der Waals surface area contributed by atoms with Gasteiger partial charge in [0.2, 0.25) is 18.6 Å². The molecule has 2 aliphatic rings. The van der Waals surface area contributed by atoms with Gasteiger partial charge in [-0.25, -0.2) is 4.99 Å². The summed E-state index contributed by atoms with van der Waals surface area (Å²) in [6, 6.07) is 18.8. The van der Waals surface area contributed by atoms with Crippen LogP contribution < -0.4 is 14.8 Å². The fraction of sp³-hybridized carbons (Fsp3) is 0.192. The molecule has 0 radical (unpaired) electrons. The molecule has 2 aliphatic heterocycles. The molecule has 1 N–H and O–H groups in total. The standard InChI is InChI=1S/C26H20F3N3O4S/c27-26(28,29)17-5-4-8-19(12-17)30-23(33)13-22-24(34)32(25(37-22)31-18-6-2-1-3-7-18)14-16-9-10-20-21(11-16)36-15-35-20/h1-12,22H,13-15H2,(H,30,33)/t22-/m1/s1. The Morgan fingerprint density at radius 3 is 2.59 bits per heavy atom. The van der Waals surface area contributed by atoms with Crippen LogP contribution in [-0.4, -0.2) is 33.9 Å². The molecule has 11 heteroatoms. The Morgan fingerprint density at radius 1 is 1.03 bits per heavy atom. The zero-order chi connectivity index (χ0) is 26.0. The van der Waals surface area contributed by atoms with Crippen LogP contribution in [0.4, 0.5) is 24.5 Å². The number of anilines is 1. The minimum absolute atomic E-state index is 0.00524. The highest BCUT2D eigenvalue weighted by molar-refractivity contribution is 8.15. The second kappa shape index (κ2) is 10.2. The Labute approximate surface area is 214 Å². The number of alkyl halides is 3. The number of hydrogen-bond acceptors (Lipinski definition) is 6. The Balaban J connectivity index is 1.34. The third-order valence-electron chi connectivity index (χ3n) is 5.62. The van der Waals surface area contributed by atoms with E-state index in [9.17, 15) is 22.8 Å². The van der Waals surface area contributed by atoms with E-state index in [0.717, 1.165) is 29.5 Å². The van der Waals surface area contributed by atoms with Gasteiger partial charge in [-0.1, -0.05) is 42.1 Å². The lowest BCUT2D eigenvalue weighted by Gasteiger charge is -2.17. The van der Waals surface area contributed by atoms with Gasteiger partial charge in [-0.05, 0) is 48.0 Å². The number of amides is 2. The summed E-state index contributed by atoms with van der Waals surface area (Å²) in [6.07, 6.45) is -4.76. The smallest absolute Gasteiger partial charge is 0.416 e. The summed E-state index contributed by atoms with van der Waals surface area (Å²) in [7, 11) is 0. The van der Waals surface area contributed by atoms with Crippen molar-refractivity contribution in [3.05, 3.63) is 83.9 Å². The molecule has 5 rings (SSSR count). The van der Waals surface area contributed by atoms with Crippen LogP contribution in [-0.2, 0) is 22.3 Å². The normalized spacial score (nSPS) is 17.9. The first kappa shape index (κ1) is 24.7. The lowest BCUT2D eigenvalue weighted by molar-refractivity contribution is -0.137. The van der Waals surface area contributed by atoms with E-state index in [2.05, 4.69) is 10.3 Å². The van der Waals surface area contributed by atoms with Crippen molar-refractivity contribution >= 4 is 40.1 Å². The fourth-order valence-electron chi connectivity index (χ4n) is 3.86. The van der Waals surface area contributed by atoms with E-state index in [-0.39, 0.29) is 31.4 Å². The number of thioether (sulfide) groups is 1. The van der Waals surface area contributed by atoms with Crippen molar-refractivity contribution < 1.29 is 32.2 Å². The van der Waals surface area contributed by atoms with E-state index in [4.69, 9.17) is 9.47 Å². The van der Waals surface area contributed by atoms with E-state index < -0.39 is 22.9 Å². The number of benzene rings is 3. The van der Waals surface area contributed by atoms with Crippen molar-refractivity contribution in [1.82, 2.24) is 4.90 Å². The number of ether oxygens (including phenoxy) is 2. The third-order valence-corrected chi connectivity index (χ3v) is 6.80. The van der Waals surface area contributed by atoms with Gasteiger partial charge in [-0.15, -0.1) is 0 Å². The maximum atomic E-state index is 13.4. The second-order valence-corrected chi connectivity index (χ2v) is 9.45. The average molecular weight is 528 g/mol. The molecule has 37 heavy (non-hydrogen) atoms. The average Bonchev–Trinajstić information content (AvgIpc) is 3.44. The largest absolute Gasteiger partial charge is 0.454 e. The maximum Gasteiger partial charge on any atom is 0.416 e. The molecule has 0 saturated carbocycles. The monoisotopic (exact) mass is 527 g/mol. The Bertz CT molecular complexity index is 1360. The molecule has 2 heterocycles. The van der Waals surface area contributed by atoms with Crippen LogP contribution in [0.5, 0.6) is 11.5 Å². The van der Waals surface area contributed by atoms with E-state index >= 15 is 0 Å². The molecule has 7 nitrogen and oxygen atoms in total. The summed E-state index contributed by atoms with van der Waals surface area (Å²) in [5, 5.41) is 2.10. The number of carbonyl (C=O) groups is 2. The van der Waals surface area contributed by atoms with Crippen LogP contribution in [0.3, 0.4) is 0 Å². The molecular formula is C26H20F3N3O4S. The van der Waals surface area contributed by atoms with E-state index in [1.165, 1.54) is 17.0 Å². The van der Waals surface area contributed by atoms with Crippen molar-refractivity contribution in [2.24, 2.45) is 4.99 Å². The summed E-state index contributed by atoms with van der Waals surface area (Å²) in [5.41, 5.74) is 0.560. The van der Waals surface area contributed by atoms with Gasteiger partial charge in [-0.2, -0.15) is 13.2 Å². The first-order valence-corrected chi connectivity index (χ1v) is 12.1. The molecular weight excluding hydrogens is 507 g/mol. The lowest BCUT2D eigenvalue weighted by atomic mass is 10.1. The topological polar surface area (TPSA) is 80.2 Å². The summed E-state index contributed by atoms with van der Waals surface area (Å²) in [6.45, 7) is 0.320. The zero-order valence-electron chi connectivity index (χ0n) is 19.2. The number of aliphatic imine (C=N–C) groups is 1. The molecule has 0 unspecified atom stereocenters. The van der Waals surface area contributed by atoms with Gasteiger partial charge in [0.1, 0.15) is 5.25 Å². The predicted octanol–water partition coefficient (Wildman–Crippen LogP) is 5.59. The van der Waals surface area contributed by atoms with Crippen LogP contribution in [0, 0.1) is 0 Å². The molecule has 3 aromatic rings. The number of halogens is 3. The minimum atomic E-state index is -4.53. The zero-order valence-corrected chi connectivity index (χ0v) is 20.0. The van der Waals surface area contributed by atoms with Gasteiger partial charge in [0, 0.05) is 12.1 Å². The molecule has 1 saturated heterocycles. The number of nitrogens with one attached hydrogen (secondary N) is 1. The van der Waals surface area contributed by atoms with Crippen LogP contribution >= 0.6 is 11.8 Å². The molecule has 0 aromatic heterocycles. The molecule has 190 valence electrons. The van der Waals surface area contributed by atoms with Gasteiger partial charge in [0.25, 0.3) is 0 Å². The van der Waals surface area contributed by atoms with Gasteiger partial charge in [0.15, 0.2) is 16.7 Å². The number of para-hydroxylation sites is 1. The number of amidine groups is 1. The van der Waals surface area contributed by atoms with Crippen LogP contribution in [0.1, 0.15) is 17.5 Å². The van der Waals surface area contributed by atoms with Gasteiger partial charge in [-0.3, -0.25) is 14.5 Å². The Morgan fingerprint density at radius 2 is 1.81 bits per heavy atom. The second-order valence-electron chi connectivity index (χ2n) is 8.28. The SMILES string of the molecule is O=C(C[C@H]1SC(=Nc2ccccc2)N(Cc2ccc3c(c2)OCO3)C1=O)Nc1cccc(C(F)(F)F)c1. The summed E-state index contributed by atoms with van der Waals surface area (Å²) in [4.78, 5) is 32.2. The van der Waals surface area contributed by atoms with Crippen LogP contribution in [0.2, 0.25) is 0 Å². The first-order valence-electron chi connectivity index (χ1n) is 11.2. The maximum absolute atomic E-state index is 13.4. The van der Waals surface area contributed by atoms with E-state index in [0.29, 0.717) is 22.4 Å². The number of fused-ring (bicyclic) bond motifs is 1. The van der Waals surface area contributed by atoms with Crippen LogP contribution in [0.25, 0.3) is 0 Å². The highest BCUT2D eigenvalue weighted by Crippen LogP contribution is 2.36. The number of hydrogen-bond donors (Lipinski definition) is 1. The fourth-order valence-corrected chi connectivity index (χ4v) is 5.02. The molecule has 1 fully saturated rings. The first-order chi connectivity index (χ1) is 17.8. The van der Waals surface area contributed by atoms with Gasteiger partial charge < -0.3 is 14.8 Å². The Kier molecular flexibility index (Phi) is 6.79. The van der Waals surface area contributed by atoms with Crippen molar-refractivity contribution in [3.63, 3.8) is 0 Å². The molecule has 0 spiro atoms. The van der Waals surface area contributed by atoms with Crippen molar-refractivity contribution in [1.29, 1.82) is 0 Å². The summed E-state index contributed by atoms with van der Waals surface area (Å²) < 4.78 is 49.8. The van der Waals surface area contributed by atoms with E-state index in [1.807, 2.05) is 24.3 Å². The van der Waals surface area contributed by atoms with Crippen LogP contribution in [0.15, 0.2) is 77.8 Å². The predicted molar refractivity (Wildman–Crippen MR) is 133 cm³/mol. The highest BCUT2D eigenvalue weighted by Gasteiger charge is 2.39. The lowest BCUT2D eigenvalue weighted by Crippen LogP contribution is -2.33. The molecule has 0 bridgehead atoms.